The summed E-state index contributed by atoms with van der Waals surface area (Å²) in [6.07, 6.45) is 0.0302. The summed E-state index contributed by atoms with van der Waals surface area (Å²) in [5, 5.41) is 5.75. The van der Waals surface area contributed by atoms with Crippen LogP contribution in [0.2, 0.25) is 5.02 Å². The second-order valence-electron chi connectivity index (χ2n) is 5.23. The van der Waals surface area contributed by atoms with Crippen molar-refractivity contribution in [1.82, 2.24) is 5.32 Å². The van der Waals surface area contributed by atoms with Gasteiger partial charge in [-0.25, -0.2) is 9.18 Å². The van der Waals surface area contributed by atoms with Crippen LogP contribution in [0.1, 0.15) is 18.9 Å². The Labute approximate surface area is 115 Å². The van der Waals surface area contributed by atoms with Crippen LogP contribution in [0.5, 0.6) is 0 Å². The van der Waals surface area contributed by atoms with Crippen molar-refractivity contribution in [3.05, 3.63) is 28.5 Å². The summed E-state index contributed by atoms with van der Waals surface area (Å²) in [5.74, 6) is -0.235. The Morgan fingerprint density at radius 2 is 2.32 bits per heavy atom. The summed E-state index contributed by atoms with van der Waals surface area (Å²) in [4.78, 5) is 11.7. The fraction of sp³-hybridized carbons (Fsp3) is 0.462. The number of anilines is 1. The molecule has 1 aromatic carbocycles. The molecule has 1 spiro atoms. The van der Waals surface area contributed by atoms with Crippen molar-refractivity contribution in [3.63, 3.8) is 0 Å². The lowest BCUT2D eigenvalue weighted by atomic mass is 9.80. The molecule has 2 atom stereocenters. The average molecular weight is 285 g/mol. The maximum Gasteiger partial charge on any atom is 0.412 e. The largest absolute Gasteiger partial charge is 0.436 e. The van der Waals surface area contributed by atoms with E-state index in [9.17, 15) is 9.18 Å². The number of halogens is 2. The Hall–Kier alpha value is -1.33. The molecule has 1 fully saturated rings. The highest BCUT2D eigenvalue weighted by molar-refractivity contribution is 6.31. The lowest BCUT2D eigenvalue weighted by Crippen LogP contribution is -2.52. The van der Waals surface area contributed by atoms with Gasteiger partial charge in [0.15, 0.2) is 11.4 Å². The van der Waals surface area contributed by atoms with Crippen LogP contribution < -0.4 is 10.6 Å². The van der Waals surface area contributed by atoms with Crippen LogP contribution in [-0.4, -0.2) is 19.2 Å². The third kappa shape index (κ3) is 1.97. The van der Waals surface area contributed by atoms with Gasteiger partial charge in [-0.2, -0.15) is 0 Å². The molecule has 19 heavy (non-hydrogen) atoms. The van der Waals surface area contributed by atoms with Gasteiger partial charge in [0.25, 0.3) is 0 Å². The molecular weight excluding hydrogens is 271 g/mol. The van der Waals surface area contributed by atoms with E-state index < -0.39 is 17.5 Å². The van der Waals surface area contributed by atoms with E-state index in [1.54, 1.807) is 6.07 Å². The third-order valence-electron chi connectivity index (χ3n) is 3.66. The SMILES string of the molecule is C[C@@H]1CNC[C@]2(C1)OC(=O)Nc1ccc(Cl)c(F)c12. The van der Waals surface area contributed by atoms with Crippen molar-refractivity contribution < 1.29 is 13.9 Å². The first-order valence-electron chi connectivity index (χ1n) is 6.21. The van der Waals surface area contributed by atoms with E-state index in [2.05, 4.69) is 10.6 Å². The molecule has 6 heteroatoms. The van der Waals surface area contributed by atoms with Gasteiger partial charge in [-0.05, 0) is 31.0 Å². The highest BCUT2D eigenvalue weighted by atomic mass is 35.5. The van der Waals surface area contributed by atoms with Crippen LogP contribution >= 0.6 is 11.6 Å². The minimum atomic E-state index is -0.968. The maximum atomic E-state index is 14.4. The standard InChI is InChI=1S/C13H14ClFN2O2/c1-7-4-13(6-16-5-7)10-9(17-12(18)19-13)3-2-8(14)11(10)15/h2-3,7,16H,4-6H2,1H3,(H,17,18)/t7-,13-/m0/s1. The molecule has 0 aromatic heterocycles. The second-order valence-corrected chi connectivity index (χ2v) is 5.64. The second kappa shape index (κ2) is 4.35. The number of fused-ring (bicyclic) bond motifs is 2. The van der Waals surface area contributed by atoms with Crippen molar-refractivity contribution in [2.45, 2.75) is 18.9 Å². The van der Waals surface area contributed by atoms with Gasteiger partial charge >= 0.3 is 6.09 Å². The van der Waals surface area contributed by atoms with E-state index in [1.165, 1.54) is 6.07 Å². The van der Waals surface area contributed by atoms with Crippen LogP contribution in [0.3, 0.4) is 0 Å². The molecule has 102 valence electrons. The van der Waals surface area contributed by atoms with Gasteiger partial charge in [-0.1, -0.05) is 18.5 Å². The van der Waals surface area contributed by atoms with E-state index in [4.69, 9.17) is 16.3 Å². The molecule has 1 aromatic rings. The van der Waals surface area contributed by atoms with E-state index in [-0.39, 0.29) is 10.9 Å². The highest BCUT2D eigenvalue weighted by Gasteiger charge is 2.47. The van der Waals surface area contributed by atoms with Crippen LogP contribution in [0.15, 0.2) is 12.1 Å². The molecule has 0 bridgehead atoms. The molecule has 2 N–H and O–H groups in total. The minimum Gasteiger partial charge on any atom is -0.436 e. The maximum absolute atomic E-state index is 14.4. The Balaban J connectivity index is 2.17. The number of hydrogen-bond donors (Lipinski definition) is 2. The molecule has 0 unspecified atom stereocenters. The van der Waals surface area contributed by atoms with Crippen LogP contribution in [0.25, 0.3) is 0 Å². The smallest absolute Gasteiger partial charge is 0.412 e. The van der Waals surface area contributed by atoms with Crippen LogP contribution in [0.4, 0.5) is 14.9 Å². The first-order valence-corrected chi connectivity index (χ1v) is 6.59. The monoisotopic (exact) mass is 284 g/mol. The number of carbonyl (C=O) groups excluding carboxylic acids is 1. The fourth-order valence-electron chi connectivity index (χ4n) is 2.96. The Morgan fingerprint density at radius 3 is 3.05 bits per heavy atom. The third-order valence-corrected chi connectivity index (χ3v) is 3.95. The zero-order chi connectivity index (χ0) is 13.6. The molecule has 2 aliphatic rings. The summed E-state index contributed by atoms with van der Waals surface area (Å²) in [7, 11) is 0. The van der Waals surface area contributed by atoms with Gasteiger partial charge in [0.2, 0.25) is 0 Å². The number of carbonyl (C=O) groups is 1. The zero-order valence-electron chi connectivity index (χ0n) is 10.4. The van der Waals surface area contributed by atoms with Crippen molar-refractivity contribution >= 4 is 23.4 Å². The van der Waals surface area contributed by atoms with Gasteiger partial charge in [0, 0.05) is 6.54 Å². The normalized spacial score (nSPS) is 29.6. The lowest BCUT2D eigenvalue weighted by Gasteiger charge is -2.43. The summed E-state index contributed by atoms with van der Waals surface area (Å²) in [6, 6.07) is 3.05. The Kier molecular flexibility index (Phi) is 2.91. The Bertz CT molecular complexity index is 552. The molecule has 3 rings (SSSR count). The van der Waals surface area contributed by atoms with Crippen molar-refractivity contribution in [2.75, 3.05) is 18.4 Å². The Morgan fingerprint density at radius 1 is 1.53 bits per heavy atom. The van der Waals surface area contributed by atoms with Crippen LogP contribution in [0, 0.1) is 11.7 Å². The lowest BCUT2D eigenvalue weighted by molar-refractivity contribution is -0.0230. The van der Waals surface area contributed by atoms with Gasteiger partial charge in [0.1, 0.15) is 0 Å². The van der Waals surface area contributed by atoms with Crippen molar-refractivity contribution in [3.8, 4) is 0 Å². The van der Waals surface area contributed by atoms with E-state index in [0.29, 0.717) is 24.2 Å². The first-order chi connectivity index (χ1) is 9.02. The average Bonchev–Trinajstić information content (AvgIpc) is 2.33. The van der Waals surface area contributed by atoms with Crippen molar-refractivity contribution in [2.24, 2.45) is 5.92 Å². The molecule has 4 nitrogen and oxygen atoms in total. The van der Waals surface area contributed by atoms with E-state index >= 15 is 0 Å². The number of ether oxygens (including phenoxy) is 1. The van der Waals surface area contributed by atoms with Gasteiger partial charge < -0.3 is 10.1 Å². The molecule has 2 heterocycles. The topological polar surface area (TPSA) is 50.4 Å². The summed E-state index contributed by atoms with van der Waals surface area (Å²) in [6.45, 7) is 3.26. The predicted molar refractivity (Wildman–Crippen MR) is 69.8 cm³/mol. The number of amides is 1. The zero-order valence-corrected chi connectivity index (χ0v) is 11.2. The molecule has 0 saturated carbocycles. The van der Waals surface area contributed by atoms with E-state index in [1.807, 2.05) is 6.92 Å². The predicted octanol–water partition coefficient (Wildman–Crippen LogP) is 2.87. The first kappa shape index (κ1) is 12.7. The molecule has 0 aliphatic carbocycles. The summed E-state index contributed by atoms with van der Waals surface area (Å²) in [5.41, 5.74) is -0.183. The summed E-state index contributed by atoms with van der Waals surface area (Å²) < 4.78 is 19.8. The molecule has 0 radical (unpaired) electrons. The molecule has 2 aliphatic heterocycles. The minimum absolute atomic E-state index is 0.0381. The molecule has 1 amide bonds. The molecule has 1 saturated heterocycles. The van der Waals surface area contributed by atoms with Gasteiger partial charge in [-0.3, -0.25) is 5.32 Å². The van der Waals surface area contributed by atoms with Gasteiger partial charge in [-0.15, -0.1) is 0 Å². The fourth-order valence-corrected chi connectivity index (χ4v) is 3.12. The highest BCUT2D eigenvalue weighted by Crippen LogP contribution is 2.44. The molecular formula is C13H14ClFN2O2. The number of piperidine rings is 1. The quantitative estimate of drug-likeness (QED) is 0.770. The summed E-state index contributed by atoms with van der Waals surface area (Å²) >= 11 is 5.86. The number of benzene rings is 1. The van der Waals surface area contributed by atoms with Gasteiger partial charge in [0.05, 0.1) is 16.3 Å². The number of rotatable bonds is 0. The van der Waals surface area contributed by atoms with Crippen molar-refractivity contribution in [1.29, 1.82) is 0 Å². The number of nitrogens with one attached hydrogen (secondary N) is 2. The number of hydrogen-bond acceptors (Lipinski definition) is 3. The van der Waals surface area contributed by atoms with E-state index in [0.717, 1.165) is 6.54 Å². The van der Waals surface area contributed by atoms with Crippen LogP contribution in [-0.2, 0) is 10.3 Å².